The Labute approximate surface area is 161 Å². The molecule has 1 N–H and O–H groups in total. The van der Waals surface area contributed by atoms with E-state index in [1.165, 1.54) is 11.1 Å². The second kappa shape index (κ2) is 9.58. The quantitative estimate of drug-likeness (QED) is 0.612. The maximum atomic E-state index is 12.6. The van der Waals surface area contributed by atoms with Crippen molar-refractivity contribution in [1.82, 2.24) is 5.32 Å². The van der Waals surface area contributed by atoms with Gasteiger partial charge in [-0.15, -0.1) is 0 Å². The molecule has 3 heteroatoms. The highest BCUT2D eigenvalue weighted by Gasteiger charge is 2.16. The van der Waals surface area contributed by atoms with Crippen LogP contribution in [0.4, 0.5) is 0 Å². The van der Waals surface area contributed by atoms with E-state index in [-0.39, 0.29) is 11.8 Å². The van der Waals surface area contributed by atoms with Crippen molar-refractivity contribution in [2.45, 2.75) is 19.3 Å². The van der Waals surface area contributed by atoms with E-state index in [1.807, 2.05) is 37.3 Å². The highest BCUT2D eigenvalue weighted by atomic mass is 16.5. The van der Waals surface area contributed by atoms with Gasteiger partial charge in [-0.2, -0.15) is 0 Å². The van der Waals surface area contributed by atoms with Gasteiger partial charge < -0.3 is 10.1 Å². The monoisotopic (exact) mass is 359 g/mol. The highest BCUT2D eigenvalue weighted by Crippen LogP contribution is 2.27. The Kier molecular flexibility index (Phi) is 6.64. The maximum absolute atomic E-state index is 12.6. The van der Waals surface area contributed by atoms with Crippen molar-refractivity contribution in [3.63, 3.8) is 0 Å². The van der Waals surface area contributed by atoms with E-state index >= 15 is 0 Å². The number of amides is 1. The van der Waals surface area contributed by atoms with Crippen LogP contribution in [0.15, 0.2) is 84.9 Å². The van der Waals surface area contributed by atoms with Crippen LogP contribution in [0.5, 0.6) is 5.75 Å². The van der Waals surface area contributed by atoms with Crippen LogP contribution in [0.3, 0.4) is 0 Å². The van der Waals surface area contributed by atoms with Crippen molar-refractivity contribution in [3.8, 4) is 5.75 Å². The summed E-state index contributed by atoms with van der Waals surface area (Å²) in [4.78, 5) is 12.6. The molecule has 0 aromatic heterocycles. The maximum Gasteiger partial charge on any atom is 0.255 e. The van der Waals surface area contributed by atoms with Crippen molar-refractivity contribution in [2.24, 2.45) is 0 Å². The minimum absolute atomic E-state index is 0.0982. The molecule has 27 heavy (non-hydrogen) atoms. The van der Waals surface area contributed by atoms with Gasteiger partial charge in [0.15, 0.2) is 0 Å². The lowest BCUT2D eigenvalue weighted by Gasteiger charge is -2.19. The number of nitrogens with one attached hydrogen (secondary N) is 1. The summed E-state index contributed by atoms with van der Waals surface area (Å²) in [6, 6.07) is 28.2. The smallest absolute Gasteiger partial charge is 0.255 e. The third-order valence-corrected chi connectivity index (χ3v) is 4.55. The van der Waals surface area contributed by atoms with Gasteiger partial charge >= 0.3 is 0 Å². The summed E-state index contributed by atoms with van der Waals surface area (Å²) in [5, 5.41) is 3.05. The number of benzene rings is 3. The van der Waals surface area contributed by atoms with E-state index in [1.54, 1.807) is 6.07 Å². The molecule has 3 nitrogen and oxygen atoms in total. The lowest BCUT2D eigenvalue weighted by Crippen LogP contribution is -2.26. The van der Waals surface area contributed by atoms with Gasteiger partial charge in [0.05, 0.1) is 12.2 Å². The largest absolute Gasteiger partial charge is 0.493 e. The van der Waals surface area contributed by atoms with Gasteiger partial charge in [-0.05, 0) is 36.6 Å². The van der Waals surface area contributed by atoms with Crippen LogP contribution in [0.25, 0.3) is 0 Å². The summed E-state index contributed by atoms with van der Waals surface area (Å²) >= 11 is 0. The first kappa shape index (κ1) is 18.7. The molecule has 3 aromatic rings. The van der Waals surface area contributed by atoms with Gasteiger partial charge in [0.2, 0.25) is 0 Å². The number of carbonyl (C=O) groups is 1. The van der Waals surface area contributed by atoms with Crippen molar-refractivity contribution < 1.29 is 9.53 Å². The molecule has 0 spiro atoms. The zero-order valence-corrected chi connectivity index (χ0v) is 15.6. The Balaban J connectivity index is 1.69. The lowest BCUT2D eigenvalue weighted by atomic mass is 9.88. The summed E-state index contributed by atoms with van der Waals surface area (Å²) in [7, 11) is 0. The third kappa shape index (κ3) is 4.98. The average Bonchev–Trinajstić information content (AvgIpc) is 2.73. The van der Waals surface area contributed by atoms with Gasteiger partial charge in [-0.3, -0.25) is 4.79 Å². The minimum Gasteiger partial charge on any atom is -0.493 e. The standard InChI is InChI=1S/C24H25NO2/c1-2-27-23-16-10-9-15-22(23)24(26)25-18-17-21(19-11-5-3-6-12-19)20-13-7-4-8-14-20/h3-16,21H,2,17-18H2,1H3,(H,25,26). The molecule has 0 atom stereocenters. The van der Waals surface area contributed by atoms with Gasteiger partial charge in [-0.1, -0.05) is 72.8 Å². The normalized spacial score (nSPS) is 10.6. The Bertz CT molecular complexity index is 807. The van der Waals surface area contributed by atoms with E-state index in [0.29, 0.717) is 24.5 Å². The molecule has 0 aliphatic heterocycles. The van der Waals surface area contributed by atoms with E-state index < -0.39 is 0 Å². The molecule has 0 saturated carbocycles. The number of ether oxygens (including phenoxy) is 1. The van der Waals surface area contributed by atoms with Gasteiger partial charge in [-0.25, -0.2) is 0 Å². The Morgan fingerprint density at radius 3 is 2.00 bits per heavy atom. The predicted molar refractivity (Wildman–Crippen MR) is 109 cm³/mol. The molecule has 0 heterocycles. The molecule has 0 fully saturated rings. The number of rotatable bonds is 8. The average molecular weight is 359 g/mol. The molecular weight excluding hydrogens is 334 g/mol. The Morgan fingerprint density at radius 2 is 1.41 bits per heavy atom. The van der Waals surface area contributed by atoms with Gasteiger partial charge in [0.1, 0.15) is 5.75 Å². The second-order valence-electron chi connectivity index (χ2n) is 6.35. The highest BCUT2D eigenvalue weighted by molar-refractivity contribution is 5.96. The first-order valence-corrected chi connectivity index (χ1v) is 9.39. The van der Waals surface area contributed by atoms with Crippen molar-refractivity contribution in [3.05, 3.63) is 102 Å². The van der Waals surface area contributed by atoms with Crippen molar-refractivity contribution in [2.75, 3.05) is 13.2 Å². The Hall–Kier alpha value is -3.07. The fourth-order valence-electron chi connectivity index (χ4n) is 3.26. The van der Waals surface area contributed by atoms with Crippen molar-refractivity contribution >= 4 is 5.91 Å². The molecule has 0 aliphatic carbocycles. The van der Waals surface area contributed by atoms with Crippen LogP contribution in [-0.2, 0) is 0 Å². The number of hydrogen-bond donors (Lipinski definition) is 1. The topological polar surface area (TPSA) is 38.3 Å². The molecule has 138 valence electrons. The van der Waals surface area contributed by atoms with Gasteiger partial charge in [0, 0.05) is 12.5 Å². The Morgan fingerprint density at radius 1 is 0.852 bits per heavy atom. The molecule has 0 aliphatic rings. The molecule has 3 aromatic carbocycles. The summed E-state index contributed by atoms with van der Waals surface area (Å²) in [5.74, 6) is 0.772. The number of para-hydroxylation sites is 1. The second-order valence-corrected chi connectivity index (χ2v) is 6.35. The molecule has 0 bridgehead atoms. The van der Waals surface area contributed by atoms with Crippen LogP contribution in [-0.4, -0.2) is 19.1 Å². The van der Waals surface area contributed by atoms with Crippen LogP contribution in [0.2, 0.25) is 0 Å². The molecule has 0 saturated heterocycles. The molecule has 0 unspecified atom stereocenters. The zero-order valence-electron chi connectivity index (χ0n) is 15.6. The van der Waals surface area contributed by atoms with Crippen LogP contribution < -0.4 is 10.1 Å². The summed E-state index contributed by atoms with van der Waals surface area (Å²) in [5.41, 5.74) is 3.09. The SMILES string of the molecule is CCOc1ccccc1C(=O)NCCC(c1ccccc1)c1ccccc1. The van der Waals surface area contributed by atoms with E-state index in [2.05, 4.69) is 53.8 Å². The minimum atomic E-state index is -0.0982. The molecule has 3 rings (SSSR count). The van der Waals surface area contributed by atoms with Crippen LogP contribution in [0, 0.1) is 0 Å². The predicted octanol–water partition coefficient (Wildman–Crippen LogP) is 5.04. The summed E-state index contributed by atoms with van der Waals surface area (Å²) in [6.07, 6.45) is 0.830. The lowest BCUT2D eigenvalue weighted by molar-refractivity contribution is 0.0949. The molecular formula is C24H25NO2. The van der Waals surface area contributed by atoms with Gasteiger partial charge in [0.25, 0.3) is 5.91 Å². The van der Waals surface area contributed by atoms with E-state index in [0.717, 1.165) is 6.42 Å². The third-order valence-electron chi connectivity index (χ3n) is 4.55. The van der Waals surface area contributed by atoms with Crippen molar-refractivity contribution in [1.29, 1.82) is 0 Å². The fraction of sp³-hybridized carbons (Fsp3) is 0.208. The van der Waals surface area contributed by atoms with E-state index in [4.69, 9.17) is 4.74 Å². The molecule has 1 amide bonds. The first-order chi connectivity index (χ1) is 13.3. The van der Waals surface area contributed by atoms with Crippen LogP contribution >= 0.6 is 0 Å². The number of carbonyl (C=O) groups excluding carboxylic acids is 1. The molecule has 0 radical (unpaired) electrons. The van der Waals surface area contributed by atoms with Crippen LogP contribution in [0.1, 0.15) is 40.7 Å². The number of hydrogen-bond acceptors (Lipinski definition) is 2. The summed E-state index contributed by atoms with van der Waals surface area (Å²) < 4.78 is 5.56. The first-order valence-electron chi connectivity index (χ1n) is 9.39. The van der Waals surface area contributed by atoms with E-state index in [9.17, 15) is 4.79 Å². The zero-order chi connectivity index (χ0) is 18.9. The summed E-state index contributed by atoms with van der Waals surface area (Å²) in [6.45, 7) is 3.04. The fourth-order valence-corrected chi connectivity index (χ4v) is 3.26.